The molecular formula is C26H34N2O3. The van der Waals surface area contributed by atoms with Crippen molar-refractivity contribution in [3.63, 3.8) is 0 Å². The van der Waals surface area contributed by atoms with Crippen LogP contribution in [-0.4, -0.2) is 42.5 Å². The smallest absolute Gasteiger partial charge is 0.253 e. The van der Waals surface area contributed by atoms with Crippen LogP contribution in [0.4, 0.5) is 0 Å². The zero-order valence-electron chi connectivity index (χ0n) is 18.9. The number of likely N-dealkylation sites (tertiary alicyclic amines) is 1. The molecule has 3 rings (SSSR count). The Morgan fingerprint density at radius 3 is 2.26 bits per heavy atom. The molecule has 1 aliphatic heterocycles. The lowest BCUT2D eigenvalue weighted by atomic mass is 9.87. The summed E-state index contributed by atoms with van der Waals surface area (Å²) in [5.74, 6) is 0.960. The third kappa shape index (κ3) is 6.84. The number of benzene rings is 2. The second-order valence-electron chi connectivity index (χ2n) is 9.23. The van der Waals surface area contributed by atoms with Crippen LogP contribution in [-0.2, 0) is 10.2 Å². The molecule has 0 saturated carbocycles. The number of ether oxygens (including phenoxy) is 1. The van der Waals surface area contributed by atoms with Crippen LogP contribution >= 0.6 is 0 Å². The van der Waals surface area contributed by atoms with Gasteiger partial charge in [0.2, 0.25) is 5.91 Å². The summed E-state index contributed by atoms with van der Waals surface area (Å²) in [4.78, 5) is 26.7. The third-order valence-electron chi connectivity index (χ3n) is 5.71. The minimum Gasteiger partial charge on any atom is -0.494 e. The van der Waals surface area contributed by atoms with Crippen molar-refractivity contribution in [3.8, 4) is 5.75 Å². The van der Waals surface area contributed by atoms with Gasteiger partial charge in [0.05, 0.1) is 6.61 Å². The van der Waals surface area contributed by atoms with Gasteiger partial charge in [0, 0.05) is 31.1 Å². The maximum absolute atomic E-state index is 12.5. The average Bonchev–Trinajstić information content (AvgIpc) is 2.77. The highest BCUT2D eigenvalue weighted by atomic mass is 16.5. The molecule has 1 N–H and O–H groups in total. The number of carbonyl (C=O) groups is 2. The maximum Gasteiger partial charge on any atom is 0.253 e. The van der Waals surface area contributed by atoms with Gasteiger partial charge in [-0.05, 0) is 54.5 Å². The Labute approximate surface area is 185 Å². The fourth-order valence-electron chi connectivity index (χ4n) is 3.76. The van der Waals surface area contributed by atoms with Crippen LogP contribution in [0, 0.1) is 0 Å². The van der Waals surface area contributed by atoms with E-state index in [0.717, 1.165) is 24.2 Å². The zero-order valence-corrected chi connectivity index (χ0v) is 18.9. The predicted molar refractivity (Wildman–Crippen MR) is 123 cm³/mol. The highest BCUT2D eigenvalue weighted by molar-refractivity contribution is 5.94. The van der Waals surface area contributed by atoms with Crippen LogP contribution < -0.4 is 10.1 Å². The number of nitrogens with zero attached hydrogens (tertiary/aromatic N) is 1. The van der Waals surface area contributed by atoms with Crippen LogP contribution in [0.15, 0.2) is 54.6 Å². The molecular weight excluding hydrogens is 388 g/mol. The molecule has 0 radical (unpaired) electrons. The Morgan fingerprint density at radius 1 is 1.00 bits per heavy atom. The summed E-state index contributed by atoms with van der Waals surface area (Å²) < 4.78 is 5.77. The molecule has 1 heterocycles. The minimum atomic E-state index is 0.0551. The van der Waals surface area contributed by atoms with Crippen molar-refractivity contribution in [2.24, 2.45) is 0 Å². The molecule has 0 aromatic heterocycles. The Hall–Kier alpha value is -2.82. The minimum absolute atomic E-state index is 0.0551. The third-order valence-corrected chi connectivity index (χ3v) is 5.71. The highest BCUT2D eigenvalue weighted by Crippen LogP contribution is 2.24. The molecule has 1 saturated heterocycles. The number of hydrogen-bond acceptors (Lipinski definition) is 3. The second-order valence-corrected chi connectivity index (χ2v) is 9.23. The van der Waals surface area contributed by atoms with Gasteiger partial charge >= 0.3 is 0 Å². The summed E-state index contributed by atoms with van der Waals surface area (Å²) in [7, 11) is 0. The predicted octanol–water partition coefficient (Wildman–Crippen LogP) is 4.56. The van der Waals surface area contributed by atoms with Crippen LogP contribution in [0.2, 0.25) is 0 Å². The van der Waals surface area contributed by atoms with Gasteiger partial charge in [-0.3, -0.25) is 9.59 Å². The largest absolute Gasteiger partial charge is 0.494 e. The average molecular weight is 423 g/mol. The molecule has 0 unspecified atom stereocenters. The van der Waals surface area contributed by atoms with E-state index in [0.29, 0.717) is 32.5 Å². The summed E-state index contributed by atoms with van der Waals surface area (Å²) in [6.07, 6.45) is 2.71. The van der Waals surface area contributed by atoms with Gasteiger partial charge in [-0.25, -0.2) is 0 Å². The Bertz CT molecular complexity index is 848. The Kier molecular flexibility index (Phi) is 7.72. The van der Waals surface area contributed by atoms with Gasteiger partial charge in [0.15, 0.2) is 0 Å². The molecule has 1 aliphatic rings. The summed E-state index contributed by atoms with van der Waals surface area (Å²) in [6, 6.07) is 17.7. The molecule has 2 aromatic carbocycles. The molecule has 0 atom stereocenters. The maximum atomic E-state index is 12.5. The molecule has 0 spiro atoms. The number of carbonyl (C=O) groups excluding carboxylic acids is 2. The normalized spacial score (nSPS) is 14.9. The topological polar surface area (TPSA) is 58.6 Å². The van der Waals surface area contributed by atoms with E-state index < -0.39 is 0 Å². The van der Waals surface area contributed by atoms with E-state index in [9.17, 15) is 9.59 Å². The molecule has 2 aromatic rings. The van der Waals surface area contributed by atoms with E-state index in [1.165, 1.54) is 5.56 Å². The summed E-state index contributed by atoms with van der Waals surface area (Å²) >= 11 is 0. The van der Waals surface area contributed by atoms with E-state index >= 15 is 0 Å². The van der Waals surface area contributed by atoms with E-state index in [2.05, 4.69) is 38.2 Å². The summed E-state index contributed by atoms with van der Waals surface area (Å²) in [5.41, 5.74) is 2.12. The van der Waals surface area contributed by atoms with Crippen molar-refractivity contribution in [3.05, 3.63) is 65.7 Å². The van der Waals surface area contributed by atoms with Gasteiger partial charge in [-0.1, -0.05) is 51.1 Å². The standard InChI is InChI=1S/C26H34N2O3/c1-26(2,3)21-11-13-23(14-12-21)31-19-7-10-24(29)27-22-15-17-28(18-16-22)25(30)20-8-5-4-6-9-20/h4-6,8-9,11-14,22H,7,10,15-19H2,1-3H3,(H,27,29). The Balaban J connectivity index is 1.32. The van der Waals surface area contributed by atoms with Crippen molar-refractivity contribution < 1.29 is 14.3 Å². The van der Waals surface area contributed by atoms with Crippen LogP contribution in [0.25, 0.3) is 0 Å². The molecule has 31 heavy (non-hydrogen) atoms. The van der Waals surface area contributed by atoms with Crippen molar-refractivity contribution in [1.29, 1.82) is 0 Å². The summed E-state index contributed by atoms with van der Waals surface area (Å²) in [5, 5.41) is 3.11. The van der Waals surface area contributed by atoms with Gasteiger partial charge < -0.3 is 15.0 Å². The number of nitrogens with one attached hydrogen (secondary N) is 1. The highest BCUT2D eigenvalue weighted by Gasteiger charge is 2.24. The van der Waals surface area contributed by atoms with Gasteiger partial charge in [0.1, 0.15) is 5.75 Å². The van der Waals surface area contributed by atoms with Crippen molar-refractivity contribution in [2.45, 2.75) is 57.9 Å². The summed E-state index contributed by atoms with van der Waals surface area (Å²) in [6.45, 7) is 8.43. The van der Waals surface area contributed by atoms with Crippen molar-refractivity contribution >= 4 is 11.8 Å². The molecule has 5 heteroatoms. The fraction of sp³-hybridized carbons (Fsp3) is 0.462. The lowest BCUT2D eigenvalue weighted by Crippen LogP contribution is -2.46. The number of hydrogen-bond donors (Lipinski definition) is 1. The first-order valence-electron chi connectivity index (χ1n) is 11.2. The van der Waals surface area contributed by atoms with Gasteiger partial charge in [0.25, 0.3) is 5.91 Å². The molecule has 5 nitrogen and oxygen atoms in total. The number of amides is 2. The first-order valence-corrected chi connectivity index (χ1v) is 11.2. The molecule has 0 bridgehead atoms. The van der Waals surface area contributed by atoms with Crippen molar-refractivity contribution in [1.82, 2.24) is 10.2 Å². The fourth-order valence-corrected chi connectivity index (χ4v) is 3.76. The molecule has 2 amide bonds. The molecule has 1 fully saturated rings. The van der Waals surface area contributed by atoms with Gasteiger partial charge in [-0.15, -0.1) is 0 Å². The van der Waals surface area contributed by atoms with Crippen LogP contribution in [0.1, 0.15) is 62.4 Å². The van der Waals surface area contributed by atoms with E-state index in [4.69, 9.17) is 4.74 Å². The second kappa shape index (κ2) is 10.5. The lowest BCUT2D eigenvalue weighted by Gasteiger charge is -2.32. The SMILES string of the molecule is CC(C)(C)c1ccc(OCCCC(=O)NC2CCN(C(=O)c3ccccc3)CC2)cc1. The van der Waals surface area contributed by atoms with Crippen LogP contribution in [0.5, 0.6) is 5.75 Å². The number of piperidine rings is 1. The van der Waals surface area contributed by atoms with E-state index in [1.807, 2.05) is 47.4 Å². The first-order chi connectivity index (χ1) is 14.8. The quantitative estimate of drug-likeness (QED) is 0.665. The number of rotatable bonds is 7. The molecule has 0 aliphatic carbocycles. The monoisotopic (exact) mass is 422 g/mol. The first kappa shape index (κ1) is 22.9. The zero-order chi connectivity index (χ0) is 22.3. The molecule has 166 valence electrons. The van der Waals surface area contributed by atoms with E-state index in [-0.39, 0.29) is 23.3 Å². The Morgan fingerprint density at radius 2 is 1.65 bits per heavy atom. The lowest BCUT2D eigenvalue weighted by molar-refractivity contribution is -0.122. The van der Waals surface area contributed by atoms with Crippen LogP contribution in [0.3, 0.4) is 0 Å². The van der Waals surface area contributed by atoms with E-state index in [1.54, 1.807) is 0 Å². The van der Waals surface area contributed by atoms with Gasteiger partial charge in [-0.2, -0.15) is 0 Å². The van der Waals surface area contributed by atoms with Crippen molar-refractivity contribution in [2.75, 3.05) is 19.7 Å².